The SMILES string of the molecule is O=C(CCCN1C(=O)NC2(CCCC2)C1=O)Nc1cccc(C(=O)NC2CC2)c1. The highest BCUT2D eigenvalue weighted by Gasteiger charge is 2.52. The van der Waals surface area contributed by atoms with E-state index in [1.54, 1.807) is 24.3 Å². The Bertz CT molecular complexity index is 843. The second kappa shape index (κ2) is 7.85. The molecule has 4 rings (SSSR count). The van der Waals surface area contributed by atoms with Gasteiger partial charge in [-0.05, 0) is 50.3 Å². The lowest BCUT2D eigenvalue weighted by molar-refractivity contribution is -0.131. The molecule has 154 valence electrons. The zero-order valence-corrected chi connectivity index (χ0v) is 16.3. The minimum Gasteiger partial charge on any atom is -0.349 e. The summed E-state index contributed by atoms with van der Waals surface area (Å²) < 4.78 is 0. The topological polar surface area (TPSA) is 108 Å². The van der Waals surface area contributed by atoms with Crippen molar-refractivity contribution in [2.45, 2.75) is 62.9 Å². The smallest absolute Gasteiger partial charge is 0.325 e. The molecular weight excluding hydrogens is 372 g/mol. The third-order valence-corrected chi connectivity index (χ3v) is 5.81. The quantitative estimate of drug-likeness (QED) is 0.612. The van der Waals surface area contributed by atoms with E-state index >= 15 is 0 Å². The molecule has 1 aliphatic heterocycles. The minimum absolute atomic E-state index is 0.136. The van der Waals surface area contributed by atoms with E-state index in [1.807, 2.05) is 0 Å². The standard InChI is InChI=1S/C21H26N4O4/c26-17(22-16-6-3-5-14(13-16)18(27)23-15-8-9-15)7-4-12-25-19(28)21(24-20(25)29)10-1-2-11-21/h3,5-6,13,15H,1-2,4,7-12H2,(H,22,26)(H,23,27)(H,24,29). The van der Waals surface area contributed by atoms with Crippen LogP contribution in [0.1, 0.15) is 61.7 Å². The molecule has 3 aliphatic rings. The molecule has 1 spiro atoms. The fraction of sp³-hybridized carbons (Fsp3) is 0.524. The Balaban J connectivity index is 1.26. The van der Waals surface area contributed by atoms with Gasteiger partial charge < -0.3 is 16.0 Å². The first-order chi connectivity index (χ1) is 14.0. The molecule has 0 radical (unpaired) electrons. The fourth-order valence-corrected chi connectivity index (χ4v) is 4.05. The third-order valence-electron chi connectivity index (χ3n) is 5.81. The summed E-state index contributed by atoms with van der Waals surface area (Å²) in [5.41, 5.74) is 0.357. The Hall–Kier alpha value is -2.90. The van der Waals surface area contributed by atoms with E-state index in [1.165, 1.54) is 4.90 Å². The molecule has 8 nitrogen and oxygen atoms in total. The summed E-state index contributed by atoms with van der Waals surface area (Å²) >= 11 is 0. The van der Waals surface area contributed by atoms with Gasteiger partial charge in [0.2, 0.25) is 5.91 Å². The van der Waals surface area contributed by atoms with Crippen LogP contribution < -0.4 is 16.0 Å². The van der Waals surface area contributed by atoms with Gasteiger partial charge in [-0.25, -0.2) is 4.79 Å². The number of carbonyl (C=O) groups is 4. The zero-order chi connectivity index (χ0) is 20.4. The Morgan fingerprint density at radius 3 is 2.66 bits per heavy atom. The van der Waals surface area contributed by atoms with E-state index in [-0.39, 0.29) is 42.8 Å². The van der Waals surface area contributed by atoms with E-state index in [4.69, 9.17) is 0 Å². The first-order valence-electron chi connectivity index (χ1n) is 10.3. The van der Waals surface area contributed by atoms with Crippen molar-refractivity contribution in [2.75, 3.05) is 11.9 Å². The summed E-state index contributed by atoms with van der Waals surface area (Å²) in [5, 5.41) is 8.54. The van der Waals surface area contributed by atoms with Crippen molar-refractivity contribution in [1.29, 1.82) is 0 Å². The number of anilines is 1. The molecule has 0 aromatic heterocycles. The summed E-state index contributed by atoms with van der Waals surface area (Å²) in [6.45, 7) is 0.226. The van der Waals surface area contributed by atoms with E-state index in [0.29, 0.717) is 30.5 Å². The number of hydrogen-bond donors (Lipinski definition) is 3. The monoisotopic (exact) mass is 398 g/mol. The number of benzene rings is 1. The number of amides is 5. The summed E-state index contributed by atoms with van der Waals surface area (Å²) in [5.74, 6) is -0.509. The van der Waals surface area contributed by atoms with E-state index in [2.05, 4.69) is 16.0 Å². The van der Waals surface area contributed by atoms with Crippen molar-refractivity contribution in [1.82, 2.24) is 15.5 Å². The second-order valence-electron chi connectivity index (χ2n) is 8.16. The lowest BCUT2D eigenvalue weighted by Crippen LogP contribution is -2.44. The fourth-order valence-electron chi connectivity index (χ4n) is 4.05. The van der Waals surface area contributed by atoms with Gasteiger partial charge in [0.25, 0.3) is 11.8 Å². The van der Waals surface area contributed by atoms with Gasteiger partial charge in [-0.2, -0.15) is 0 Å². The van der Waals surface area contributed by atoms with Gasteiger partial charge in [-0.15, -0.1) is 0 Å². The van der Waals surface area contributed by atoms with Crippen LogP contribution in [0.25, 0.3) is 0 Å². The van der Waals surface area contributed by atoms with Crippen LogP contribution in [0.3, 0.4) is 0 Å². The highest BCUT2D eigenvalue weighted by molar-refractivity contribution is 6.07. The number of nitrogens with zero attached hydrogens (tertiary/aromatic N) is 1. The number of carbonyl (C=O) groups excluding carboxylic acids is 4. The highest BCUT2D eigenvalue weighted by Crippen LogP contribution is 2.35. The van der Waals surface area contributed by atoms with Gasteiger partial charge in [-0.3, -0.25) is 19.3 Å². The molecular formula is C21H26N4O4. The predicted molar refractivity (Wildman–Crippen MR) is 106 cm³/mol. The van der Waals surface area contributed by atoms with Crippen LogP contribution in [0.5, 0.6) is 0 Å². The summed E-state index contributed by atoms with van der Waals surface area (Å²) in [7, 11) is 0. The van der Waals surface area contributed by atoms with Crippen molar-refractivity contribution < 1.29 is 19.2 Å². The molecule has 0 unspecified atom stereocenters. The maximum Gasteiger partial charge on any atom is 0.325 e. The first-order valence-corrected chi connectivity index (χ1v) is 10.3. The van der Waals surface area contributed by atoms with E-state index in [9.17, 15) is 19.2 Å². The lowest BCUT2D eigenvalue weighted by atomic mass is 9.98. The zero-order valence-electron chi connectivity index (χ0n) is 16.3. The molecule has 0 bridgehead atoms. The van der Waals surface area contributed by atoms with Gasteiger partial charge in [0.05, 0.1) is 0 Å². The molecule has 2 saturated carbocycles. The molecule has 5 amide bonds. The van der Waals surface area contributed by atoms with Crippen molar-refractivity contribution >= 4 is 29.4 Å². The Kier molecular flexibility index (Phi) is 5.25. The van der Waals surface area contributed by atoms with Gasteiger partial charge in [0.15, 0.2) is 0 Å². The summed E-state index contributed by atoms with van der Waals surface area (Å²) in [4.78, 5) is 50.4. The van der Waals surface area contributed by atoms with Crippen LogP contribution in [-0.2, 0) is 9.59 Å². The van der Waals surface area contributed by atoms with Crippen LogP contribution in [0.15, 0.2) is 24.3 Å². The van der Waals surface area contributed by atoms with Crippen LogP contribution in [0.2, 0.25) is 0 Å². The van der Waals surface area contributed by atoms with E-state index < -0.39 is 5.54 Å². The Labute approximate surface area is 169 Å². The van der Waals surface area contributed by atoms with Gasteiger partial charge in [0.1, 0.15) is 5.54 Å². The molecule has 1 aromatic rings. The van der Waals surface area contributed by atoms with Crippen LogP contribution >= 0.6 is 0 Å². The maximum absolute atomic E-state index is 12.6. The second-order valence-corrected chi connectivity index (χ2v) is 8.16. The Morgan fingerprint density at radius 1 is 1.17 bits per heavy atom. The average Bonchev–Trinajstić information content (AvgIpc) is 3.33. The Morgan fingerprint density at radius 2 is 1.93 bits per heavy atom. The number of nitrogens with one attached hydrogen (secondary N) is 3. The number of rotatable bonds is 7. The first kappa shape index (κ1) is 19.4. The molecule has 1 aromatic carbocycles. The van der Waals surface area contributed by atoms with Crippen molar-refractivity contribution in [2.24, 2.45) is 0 Å². The van der Waals surface area contributed by atoms with Crippen LogP contribution in [-0.4, -0.2) is 46.8 Å². The van der Waals surface area contributed by atoms with Crippen LogP contribution in [0, 0.1) is 0 Å². The highest BCUT2D eigenvalue weighted by atomic mass is 16.2. The number of hydrogen-bond acceptors (Lipinski definition) is 4. The predicted octanol–water partition coefficient (Wildman–Crippen LogP) is 2.16. The van der Waals surface area contributed by atoms with Crippen molar-refractivity contribution in [3.63, 3.8) is 0 Å². The average molecular weight is 398 g/mol. The van der Waals surface area contributed by atoms with Crippen molar-refractivity contribution in [3.05, 3.63) is 29.8 Å². The molecule has 1 saturated heterocycles. The largest absolute Gasteiger partial charge is 0.349 e. The van der Waals surface area contributed by atoms with Gasteiger partial charge >= 0.3 is 6.03 Å². The molecule has 2 aliphatic carbocycles. The summed E-state index contributed by atoms with van der Waals surface area (Å²) in [6.07, 6.45) is 5.88. The van der Waals surface area contributed by atoms with E-state index in [0.717, 1.165) is 25.7 Å². The molecule has 8 heteroatoms. The molecule has 0 atom stereocenters. The number of imide groups is 1. The molecule has 3 fully saturated rings. The number of urea groups is 1. The molecule has 3 N–H and O–H groups in total. The lowest BCUT2D eigenvalue weighted by Gasteiger charge is -2.19. The third kappa shape index (κ3) is 4.26. The van der Waals surface area contributed by atoms with Gasteiger partial charge in [-0.1, -0.05) is 18.9 Å². The summed E-state index contributed by atoms with van der Waals surface area (Å²) in [6, 6.07) is 6.74. The van der Waals surface area contributed by atoms with Gasteiger partial charge in [0, 0.05) is 30.3 Å². The molecule has 29 heavy (non-hydrogen) atoms. The minimum atomic E-state index is -0.708. The van der Waals surface area contributed by atoms with Crippen LogP contribution in [0.4, 0.5) is 10.5 Å². The maximum atomic E-state index is 12.6. The normalized spacial score (nSPS) is 20.1. The molecule has 1 heterocycles. The van der Waals surface area contributed by atoms with Crippen molar-refractivity contribution in [3.8, 4) is 0 Å².